The number of pyridine rings is 3. The van der Waals surface area contributed by atoms with Crippen molar-refractivity contribution in [2.75, 3.05) is 28.2 Å². The minimum absolute atomic E-state index is 0.106. The van der Waals surface area contributed by atoms with Crippen molar-refractivity contribution in [1.29, 1.82) is 0 Å². The Morgan fingerprint density at radius 1 is 1.14 bits per heavy atom. The first-order chi connectivity index (χ1) is 14.1. The average Bonchev–Trinajstić information content (AvgIpc) is 3.14. The van der Waals surface area contributed by atoms with Crippen molar-refractivity contribution in [3.63, 3.8) is 0 Å². The largest absolute Gasteiger partial charge is 0.366 e. The summed E-state index contributed by atoms with van der Waals surface area (Å²) in [5.41, 5.74) is 4.82. The van der Waals surface area contributed by atoms with E-state index in [1.54, 1.807) is 17.3 Å². The molecule has 2 aliphatic rings. The summed E-state index contributed by atoms with van der Waals surface area (Å²) in [4.78, 5) is 30.8. The Hall–Kier alpha value is -3.48. The van der Waals surface area contributed by atoms with E-state index in [4.69, 9.17) is 4.98 Å². The van der Waals surface area contributed by atoms with Crippen LogP contribution in [-0.4, -0.2) is 40.1 Å². The molecule has 1 atom stereocenters. The van der Waals surface area contributed by atoms with E-state index in [0.29, 0.717) is 11.6 Å². The highest BCUT2D eigenvalue weighted by Crippen LogP contribution is 2.40. The van der Waals surface area contributed by atoms with Crippen LogP contribution in [0.1, 0.15) is 17.7 Å². The van der Waals surface area contributed by atoms with Crippen molar-refractivity contribution < 1.29 is 4.79 Å². The van der Waals surface area contributed by atoms with Gasteiger partial charge in [-0.3, -0.25) is 15.2 Å². The number of nitrogens with one attached hydrogen (secondary N) is 1. The second kappa shape index (κ2) is 6.84. The summed E-state index contributed by atoms with van der Waals surface area (Å²) in [6, 6.07) is 11.7. The number of hydrogen-bond donors (Lipinski definition) is 1. The van der Waals surface area contributed by atoms with Gasteiger partial charge in [0.05, 0.1) is 17.4 Å². The lowest BCUT2D eigenvalue weighted by Crippen LogP contribution is -2.48. The number of carbonyl (C=O) groups excluding carboxylic acids is 1. The predicted molar refractivity (Wildman–Crippen MR) is 113 cm³/mol. The number of rotatable bonds is 2. The molecule has 1 fully saturated rings. The average molecular weight is 386 g/mol. The number of fused-ring (bicyclic) bond motifs is 4. The fourth-order valence-corrected chi connectivity index (χ4v) is 4.05. The zero-order valence-electron chi connectivity index (χ0n) is 16.5. The van der Waals surface area contributed by atoms with Crippen LogP contribution in [0.4, 0.5) is 22.1 Å². The standard InChI is InChI=1S/C22H22N6O/c1-14-3-6-20(24-12-14)26-22(29)28-17-8-10-27(13-17)19-5-4-18(25-21(19)28)16-7-9-23-15(2)11-16/h3-7,9,11-12,17H,8,10,13H2,1-2H3,(H,24,26,29)/t17-/m0/s1. The third-order valence-electron chi connectivity index (χ3n) is 5.51. The van der Waals surface area contributed by atoms with E-state index in [-0.39, 0.29) is 12.1 Å². The molecular weight excluding hydrogens is 364 g/mol. The van der Waals surface area contributed by atoms with Crippen LogP contribution < -0.4 is 15.1 Å². The Bertz CT molecular complexity index is 1080. The number of hydrogen-bond acceptors (Lipinski definition) is 5. The lowest BCUT2D eigenvalue weighted by atomic mass is 10.1. The molecule has 7 heteroatoms. The molecule has 2 aliphatic heterocycles. The third-order valence-corrected chi connectivity index (χ3v) is 5.51. The molecule has 3 aromatic rings. The number of aryl methyl sites for hydroxylation is 2. The number of aromatic nitrogens is 3. The fourth-order valence-electron chi connectivity index (χ4n) is 4.05. The molecule has 146 valence electrons. The van der Waals surface area contributed by atoms with E-state index in [2.05, 4.69) is 26.3 Å². The molecule has 2 bridgehead atoms. The molecule has 5 heterocycles. The number of urea groups is 1. The summed E-state index contributed by atoms with van der Waals surface area (Å²) >= 11 is 0. The normalized spacial score (nSPS) is 17.2. The van der Waals surface area contributed by atoms with E-state index < -0.39 is 0 Å². The van der Waals surface area contributed by atoms with Gasteiger partial charge in [-0.05, 0) is 56.2 Å². The Morgan fingerprint density at radius 3 is 2.83 bits per heavy atom. The van der Waals surface area contributed by atoms with Gasteiger partial charge in [0.2, 0.25) is 0 Å². The lowest BCUT2D eigenvalue weighted by molar-refractivity contribution is 0.254. The van der Waals surface area contributed by atoms with E-state index in [1.807, 2.05) is 44.2 Å². The summed E-state index contributed by atoms with van der Waals surface area (Å²) < 4.78 is 0. The van der Waals surface area contributed by atoms with Crippen LogP contribution in [-0.2, 0) is 0 Å². The molecule has 0 spiro atoms. The molecule has 0 aliphatic carbocycles. The van der Waals surface area contributed by atoms with Gasteiger partial charge in [0.1, 0.15) is 5.82 Å². The van der Waals surface area contributed by atoms with E-state index in [0.717, 1.165) is 47.7 Å². The van der Waals surface area contributed by atoms with Gasteiger partial charge in [0.25, 0.3) is 0 Å². The Kier molecular flexibility index (Phi) is 4.16. The molecule has 0 aromatic carbocycles. The molecule has 3 aromatic heterocycles. The minimum Gasteiger partial charge on any atom is -0.366 e. The van der Waals surface area contributed by atoms with Gasteiger partial charge in [-0.25, -0.2) is 14.8 Å². The lowest BCUT2D eigenvalue weighted by Gasteiger charge is -2.35. The monoisotopic (exact) mass is 386 g/mol. The van der Waals surface area contributed by atoms with Gasteiger partial charge in [-0.15, -0.1) is 0 Å². The Balaban J connectivity index is 1.52. The highest BCUT2D eigenvalue weighted by Gasteiger charge is 2.40. The highest BCUT2D eigenvalue weighted by molar-refractivity contribution is 6.04. The number of carbonyl (C=O) groups is 1. The fraction of sp³-hybridized carbons (Fsp3) is 0.273. The Morgan fingerprint density at radius 2 is 2.03 bits per heavy atom. The third kappa shape index (κ3) is 3.18. The molecular formula is C22H22N6O. The molecule has 1 saturated heterocycles. The van der Waals surface area contributed by atoms with Gasteiger partial charge in [-0.2, -0.15) is 0 Å². The van der Waals surface area contributed by atoms with Crippen molar-refractivity contribution in [2.45, 2.75) is 26.3 Å². The van der Waals surface area contributed by atoms with Gasteiger partial charge >= 0.3 is 6.03 Å². The molecule has 29 heavy (non-hydrogen) atoms. The second-order valence-electron chi connectivity index (χ2n) is 7.63. The number of anilines is 3. The summed E-state index contributed by atoms with van der Waals surface area (Å²) in [5.74, 6) is 1.25. The maximum atomic E-state index is 13.2. The highest BCUT2D eigenvalue weighted by atomic mass is 16.2. The molecule has 2 amide bonds. The molecule has 0 saturated carbocycles. The molecule has 1 N–H and O–H groups in total. The van der Waals surface area contributed by atoms with E-state index in [1.165, 1.54) is 0 Å². The van der Waals surface area contributed by atoms with Gasteiger partial charge < -0.3 is 4.90 Å². The molecule has 0 radical (unpaired) electrons. The van der Waals surface area contributed by atoms with Crippen molar-refractivity contribution in [1.82, 2.24) is 15.0 Å². The zero-order valence-corrected chi connectivity index (χ0v) is 16.5. The maximum absolute atomic E-state index is 13.2. The predicted octanol–water partition coefficient (Wildman–Crippen LogP) is 3.79. The first-order valence-corrected chi connectivity index (χ1v) is 9.80. The molecule has 5 rings (SSSR count). The summed E-state index contributed by atoms with van der Waals surface area (Å²) in [6.07, 6.45) is 4.46. The van der Waals surface area contributed by atoms with Crippen LogP contribution in [0.5, 0.6) is 0 Å². The van der Waals surface area contributed by atoms with E-state index in [9.17, 15) is 4.79 Å². The van der Waals surface area contributed by atoms with Gasteiger partial charge in [0, 0.05) is 36.7 Å². The van der Waals surface area contributed by atoms with Crippen LogP contribution in [0.3, 0.4) is 0 Å². The quantitative estimate of drug-likeness (QED) is 0.725. The second-order valence-corrected chi connectivity index (χ2v) is 7.63. The van der Waals surface area contributed by atoms with Gasteiger partial charge in [-0.1, -0.05) is 6.07 Å². The van der Waals surface area contributed by atoms with Gasteiger partial charge in [0.15, 0.2) is 5.82 Å². The first-order valence-electron chi connectivity index (χ1n) is 9.80. The van der Waals surface area contributed by atoms with Crippen LogP contribution in [0, 0.1) is 13.8 Å². The zero-order chi connectivity index (χ0) is 20.0. The maximum Gasteiger partial charge on any atom is 0.329 e. The van der Waals surface area contributed by atoms with Crippen LogP contribution in [0.25, 0.3) is 11.3 Å². The van der Waals surface area contributed by atoms with Crippen LogP contribution >= 0.6 is 0 Å². The Labute approximate surface area is 169 Å². The first kappa shape index (κ1) is 17.6. The smallest absolute Gasteiger partial charge is 0.329 e. The molecule has 7 nitrogen and oxygen atoms in total. The summed E-state index contributed by atoms with van der Waals surface area (Å²) in [6.45, 7) is 5.69. The van der Waals surface area contributed by atoms with Crippen molar-refractivity contribution >= 4 is 23.4 Å². The number of nitrogens with zero attached hydrogens (tertiary/aromatic N) is 5. The van der Waals surface area contributed by atoms with Crippen molar-refractivity contribution in [3.05, 3.63) is 60.0 Å². The van der Waals surface area contributed by atoms with Crippen LogP contribution in [0.2, 0.25) is 0 Å². The molecule has 0 unspecified atom stereocenters. The topological polar surface area (TPSA) is 74.2 Å². The SMILES string of the molecule is Cc1ccc(NC(=O)N2c3nc(-c4ccnc(C)c4)ccc3N3CC[C@H]2C3)nc1. The summed E-state index contributed by atoms with van der Waals surface area (Å²) in [5, 5.41) is 2.94. The van der Waals surface area contributed by atoms with Crippen molar-refractivity contribution in [3.8, 4) is 11.3 Å². The van der Waals surface area contributed by atoms with Crippen LogP contribution in [0.15, 0.2) is 48.8 Å². The van der Waals surface area contributed by atoms with Crippen molar-refractivity contribution in [2.24, 2.45) is 0 Å². The van der Waals surface area contributed by atoms with E-state index >= 15 is 0 Å². The summed E-state index contributed by atoms with van der Waals surface area (Å²) in [7, 11) is 0. The number of amides is 2. The minimum atomic E-state index is -0.190.